The first kappa shape index (κ1) is 13.6. The topological polar surface area (TPSA) is 12.5 Å². The number of aryl methyl sites for hydroxylation is 1. The minimum absolute atomic E-state index is 0.316. The molecule has 0 amide bonds. The molecule has 0 radical (unpaired) electrons. The SMILES string of the molecule is COC1[C@H](CCCc2ccccc2)C[C@@H](C)N1C. The van der Waals surface area contributed by atoms with Gasteiger partial charge in [0.25, 0.3) is 0 Å². The van der Waals surface area contributed by atoms with Gasteiger partial charge in [-0.15, -0.1) is 0 Å². The van der Waals surface area contributed by atoms with Gasteiger partial charge in [0, 0.05) is 19.1 Å². The molecule has 1 aromatic rings. The monoisotopic (exact) mass is 247 g/mol. The molecule has 2 rings (SSSR count). The van der Waals surface area contributed by atoms with Gasteiger partial charge in [-0.2, -0.15) is 0 Å². The summed E-state index contributed by atoms with van der Waals surface area (Å²) in [5.41, 5.74) is 1.45. The number of methoxy groups -OCH3 is 1. The van der Waals surface area contributed by atoms with Crippen LogP contribution in [0.15, 0.2) is 30.3 Å². The molecule has 0 aliphatic carbocycles. The second-order valence-electron chi connectivity index (χ2n) is 5.51. The Kier molecular flexibility index (Phi) is 4.79. The van der Waals surface area contributed by atoms with Crippen molar-refractivity contribution < 1.29 is 4.74 Å². The average Bonchev–Trinajstić information content (AvgIpc) is 2.66. The second-order valence-corrected chi connectivity index (χ2v) is 5.51. The van der Waals surface area contributed by atoms with Crippen LogP contribution in [-0.4, -0.2) is 31.3 Å². The summed E-state index contributed by atoms with van der Waals surface area (Å²) in [4.78, 5) is 2.37. The van der Waals surface area contributed by atoms with Crippen molar-refractivity contribution in [3.8, 4) is 0 Å². The molecule has 1 aliphatic rings. The summed E-state index contributed by atoms with van der Waals surface area (Å²) in [6, 6.07) is 11.4. The predicted octanol–water partition coefficient (Wildman–Crippen LogP) is 3.32. The summed E-state index contributed by atoms with van der Waals surface area (Å²) in [6.07, 6.45) is 5.29. The van der Waals surface area contributed by atoms with Crippen molar-refractivity contribution in [1.29, 1.82) is 0 Å². The summed E-state index contributed by atoms with van der Waals surface area (Å²) in [5, 5.41) is 0. The van der Waals surface area contributed by atoms with E-state index in [-0.39, 0.29) is 0 Å². The highest BCUT2D eigenvalue weighted by Gasteiger charge is 2.35. The maximum atomic E-state index is 5.64. The number of benzene rings is 1. The van der Waals surface area contributed by atoms with Gasteiger partial charge >= 0.3 is 0 Å². The molecule has 1 unspecified atom stereocenters. The van der Waals surface area contributed by atoms with Gasteiger partial charge in [-0.1, -0.05) is 30.3 Å². The summed E-state index contributed by atoms with van der Waals surface area (Å²) in [7, 11) is 4.01. The van der Waals surface area contributed by atoms with Gasteiger partial charge in [0.1, 0.15) is 6.23 Å². The van der Waals surface area contributed by atoms with Crippen LogP contribution in [0.3, 0.4) is 0 Å². The largest absolute Gasteiger partial charge is 0.366 e. The molecule has 0 N–H and O–H groups in total. The Balaban J connectivity index is 1.80. The van der Waals surface area contributed by atoms with E-state index in [1.54, 1.807) is 0 Å². The van der Waals surface area contributed by atoms with Crippen LogP contribution < -0.4 is 0 Å². The van der Waals surface area contributed by atoms with Crippen molar-refractivity contribution in [1.82, 2.24) is 4.90 Å². The lowest BCUT2D eigenvalue weighted by atomic mass is 9.96. The molecule has 18 heavy (non-hydrogen) atoms. The summed E-state index contributed by atoms with van der Waals surface area (Å²) < 4.78 is 5.64. The fourth-order valence-electron chi connectivity index (χ4n) is 3.14. The van der Waals surface area contributed by atoms with Gasteiger partial charge in [-0.05, 0) is 45.2 Å². The fraction of sp³-hybridized carbons (Fsp3) is 0.625. The molecular weight excluding hydrogens is 222 g/mol. The Morgan fingerprint density at radius 3 is 2.67 bits per heavy atom. The van der Waals surface area contributed by atoms with Crippen LogP contribution in [0.4, 0.5) is 0 Å². The maximum absolute atomic E-state index is 5.64. The maximum Gasteiger partial charge on any atom is 0.113 e. The van der Waals surface area contributed by atoms with E-state index in [1.165, 1.54) is 31.2 Å². The highest BCUT2D eigenvalue weighted by molar-refractivity contribution is 5.14. The Hall–Kier alpha value is -0.860. The number of hydrogen-bond acceptors (Lipinski definition) is 2. The molecule has 1 fully saturated rings. The van der Waals surface area contributed by atoms with E-state index in [0.29, 0.717) is 18.2 Å². The van der Waals surface area contributed by atoms with E-state index < -0.39 is 0 Å². The number of likely N-dealkylation sites (tertiary alicyclic amines) is 1. The minimum atomic E-state index is 0.316. The zero-order valence-corrected chi connectivity index (χ0v) is 11.8. The minimum Gasteiger partial charge on any atom is -0.366 e. The van der Waals surface area contributed by atoms with Gasteiger partial charge in [0.15, 0.2) is 0 Å². The van der Waals surface area contributed by atoms with E-state index >= 15 is 0 Å². The lowest BCUT2D eigenvalue weighted by Gasteiger charge is -2.24. The third kappa shape index (κ3) is 3.12. The fourth-order valence-corrected chi connectivity index (χ4v) is 3.14. The van der Waals surface area contributed by atoms with Crippen molar-refractivity contribution >= 4 is 0 Å². The Labute approximate surface area is 111 Å². The molecule has 1 heterocycles. The molecule has 1 saturated heterocycles. The number of ether oxygens (including phenoxy) is 1. The van der Waals surface area contributed by atoms with Crippen molar-refractivity contribution in [2.75, 3.05) is 14.2 Å². The first-order chi connectivity index (χ1) is 8.72. The number of rotatable bonds is 5. The van der Waals surface area contributed by atoms with Crippen molar-refractivity contribution in [3.05, 3.63) is 35.9 Å². The summed E-state index contributed by atoms with van der Waals surface area (Å²) in [6.45, 7) is 2.29. The van der Waals surface area contributed by atoms with E-state index in [2.05, 4.69) is 49.2 Å². The number of hydrogen-bond donors (Lipinski definition) is 0. The van der Waals surface area contributed by atoms with Gasteiger partial charge in [0.05, 0.1) is 0 Å². The molecule has 1 aliphatic heterocycles. The van der Waals surface area contributed by atoms with Crippen molar-refractivity contribution in [2.24, 2.45) is 5.92 Å². The highest BCUT2D eigenvalue weighted by atomic mass is 16.5. The van der Waals surface area contributed by atoms with Crippen LogP contribution in [0.2, 0.25) is 0 Å². The molecule has 3 atom stereocenters. The molecular formula is C16H25NO. The van der Waals surface area contributed by atoms with Gasteiger partial charge in [-0.25, -0.2) is 0 Å². The smallest absolute Gasteiger partial charge is 0.113 e. The highest BCUT2D eigenvalue weighted by Crippen LogP contribution is 2.32. The van der Waals surface area contributed by atoms with Gasteiger partial charge in [0.2, 0.25) is 0 Å². The zero-order valence-electron chi connectivity index (χ0n) is 11.8. The molecule has 2 nitrogen and oxygen atoms in total. The molecule has 0 saturated carbocycles. The van der Waals surface area contributed by atoms with Crippen LogP contribution in [0, 0.1) is 5.92 Å². The third-order valence-electron chi connectivity index (χ3n) is 4.27. The first-order valence-corrected chi connectivity index (χ1v) is 7.01. The van der Waals surface area contributed by atoms with E-state index in [0.717, 1.165) is 0 Å². The van der Waals surface area contributed by atoms with Crippen LogP contribution in [-0.2, 0) is 11.2 Å². The first-order valence-electron chi connectivity index (χ1n) is 7.01. The molecule has 1 aromatic carbocycles. The average molecular weight is 247 g/mol. The molecule has 0 spiro atoms. The van der Waals surface area contributed by atoms with Crippen molar-refractivity contribution in [3.63, 3.8) is 0 Å². The second kappa shape index (κ2) is 6.35. The van der Waals surface area contributed by atoms with E-state index in [4.69, 9.17) is 4.74 Å². The molecule has 100 valence electrons. The standard InChI is InChI=1S/C16H25NO/c1-13-12-15(16(18-3)17(13)2)11-7-10-14-8-5-4-6-9-14/h4-6,8-9,13,15-16H,7,10-12H2,1-3H3/t13-,15-,16?/m1/s1. The summed E-state index contributed by atoms with van der Waals surface area (Å²) in [5.74, 6) is 0.693. The van der Waals surface area contributed by atoms with Crippen LogP contribution in [0.1, 0.15) is 31.7 Å². The predicted molar refractivity (Wildman–Crippen MR) is 75.5 cm³/mol. The Morgan fingerprint density at radius 1 is 1.28 bits per heavy atom. The van der Waals surface area contributed by atoms with Crippen molar-refractivity contribution in [2.45, 2.75) is 44.9 Å². The van der Waals surface area contributed by atoms with Crippen LogP contribution in [0.5, 0.6) is 0 Å². The van der Waals surface area contributed by atoms with Crippen LogP contribution in [0.25, 0.3) is 0 Å². The van der Waals surface area contributed by atoms with E-state index in [1.807, 2.05) is 7.11 Å². The van der Waals surface area contributed by atoms with E-state index in [9.17, 15) is 0 Å². The lowest BCUT2D eigenvalue weighted by Crippen LogP contribution is -2.34. The number of nitrogens with zero attached hydrogens (tertiary/aromatic N) is 1. The summed E-state index contributed by atoms with van der Waals surface area (Å²) >= 11 is 0. The van der Waals surface area contributed by atoms with Gasteiger partial charge < -0.3 is 4.74 Å². The Bertz CT molecular complexity index is 351. The quantitative estimate of drug-likeness (QED) is 0.791. The third-order valence-corrected chi connectivity index (χ3v) is 4.27. The lowest BCUT2D eigenvalue weighted by molar-refractivity contribution is -0.0286. The normalized spacial score (nSPS) is 28.7. The molecule has 0 aromatic heterocycles. The van der Waals surface area contributed by atoms with Gasteiger partial charge in [-0.3, -0.25) is 4.90 Å². The van der Waals surface area contributed by atoms with Crippen LogP contribution >= 0.6 is 0 Å². The Morgan fingerprint density at radius 2 is 2.00 bits per heavy atom. The molecule has 0 bridgehead atoms. The zero-order chi connectivity index (χ0) is 13.0. The molecule has 2 heteroatoms.